The van der Waals surface area contributed by atoms with Gasteiger partial charge in [-0.05, 0) is 42.8 Å². The molecule has 3 aromatic rings. The second-order valence-corrected chi connectivity index (χ2v) is 5.57. The zero-order chi connectivity index (χ0) is 16.9. The van der Waals surface area contributed by atoms with Gasteiger partial charge >= 0.3 is 0 Å². The maximum Gasteiger partial charge on any atom is 0.251 e. The first-order valence-corrected chi connectivity index (χ1v) is 7.68. The van der Waals surface area contributed by atoms with Crippen LogP contribution in [0.4, 0.5) is 4.39 Å². The molecule has 2 aromatic carbocycles. The molecule has 0 saturated heterocycles. The van der Waals surface area contributed by atoms with Gasteiger partial charge in [-0.3, -0.25) is 9.78 Å². The van der Waals surface area contributed by atoms with Crippen molar-refractivity contribution in [2.24, 2.45) is 0 Å². The fraction of sp³-hybridized carbons (Fsp3) is 0.100. The number of nitrogens with zero attached hydrogens (tertiary/aromatic N) is 1. The third-order valence-electron chi connectivity index (χ3n) is 3.76. The first kappa shape index (κ1) is 15.9. The van der Waals surface area contributed by atoms with E-state index in [-0.39, 0.29) is 11.7 Å². The maximum absolute atomic E-state index is 12.9. The molecule has 1 heterocycles. The summed E-state index contributed by atoms with van der Waals surface area (Å²) in [5.74, 6) is -0.603. The lowest BCUT2D eigenvalue weighted by Gasteiger charge is -2.10. The van der Waals surface area contributed by atoms with Crippen LogP contribution in [0.25, 0.3) is 11.3 Å². The van der Waals surface area contributed by atoms with Crippen LogP contribution < -0.4 is 5.32 Å². The van der Waals surface area contributed by atoms with Gasteiger partial charge in [-0.15, -0.1) is 0 Å². The summed E-state index contributed by atoms with van der Waals surface area (Å²) in [6.45, 7) is 2.39. The molecule has 0 radical (unpaired) electrons. The predicted molar refractivity (Wildman–Crippen MR) is 92.0 cm³/mol. The fourth-order valence-corrected chi connectivity index (χ4v) is 2.43. The zero-order valence-electron chi connectivity index (χ0n) is 13.3. The number of pyridine rings is 1. The van der Waals surface area contributed by atoms with Crippen molar-refractivity contribution < 1.29 is 9.18 Å². The quantitative estimate of drug-likeness (QED) is 0.785. The minimum atomic E-state index is -0.361. The van der Waals surface area contributed by atoms with Crippen molar-refractivity contribution in [2.45, 2.75) is 13.5 Å². The summed E-state index contributed by atoms with van der Waals surface area (Å²) in [6, 6.07) is 17.4. The van der Waals surface area contributed by atoms with Crippen LogP contribution in [0.3, 0.4) is 0 Å². The second-order valence-electron chi connectivity index (χ2n) is 5.57. The third kappa shape index (κ3) is 3.66. The number of hydrogen-bond acceptors (Lipinski definition) is 2. The van der Waals surface area contributed by atoms with Crippen molar-refractivity contribution in [1.82, 2.24) is 10.3 Å². The molecule has 0 aliphatic carbocycles. The lowest BCUT2D eigenvalue weighted by Crippen LogP contribution is -2.23. The molecule has 0 fully saturated rings. The monoisotopic (exact) mass is 320 g/mol. The lowest BCUT2D eigenvalue weighted by atomic mass is 10.0. The summed E-state index contributed by atoms with van der Waals surface area (Å²) in [5.41, 5.74) is 4.39. The van der Waals surface area contributed by atoms with Crippen molar-refractivity contribution in [3.63, 3.8) is 0 Å². The molecule has 0 atom stereocenters. The number of aryl methyl sites for hydroxylation is 1. The first-order chi connectivity index (χ1) is 11.6. The zero-order valence-corrected chi connectivity index (χ0v) is 13.3. The van der Waals surface area contributed by atoms with Crippen LogP contribution in [-0.2, 0) is 6.54 Å². The number of rotatable bonds is 4. The highest BCUT2D eigenvalue weighted by Crippen LogP contribution is 2.21. The average molecular weight is 320 g/mol. The Morgan fingerprint density at radius 3 is 2.46 bits per heavy atom. The Labute approximate surface area is 140 Å². The Bertz CT molecular complexity index is 842. The molecule has 24 heavy (non-hydrogen) atoms. The first-order valence-electron chi connectivity index (χ1n) is 7.68. The SMILES string of the molecule is Cc1ccc(-c2ncccc2CNC(=O)c2ccc(F)cc2)cc1. The molecule has 120 valence electrons. The third-order valence-corrected chi connectivity index (χ3v) is 3.76. The predicted octanol–water partition coefficient (Wildman–Crippen LogP) is 4.13. The number of benzene rings is 2. The Balaban J connectivity index is 1.77. The Hall–Kier alpha value is -3.01. The standard InChI is InChI=1S/C20H17FN2O/c1-14-4-6-15(7-5-14)19-17(3-2-12-22-19)13-23-20(24)16-8-10-18(21)11-9-16/h2-12H,13H2,1H3,(H,23,24). The maximum atomic E-state index is 12.9. The van der Waals surface area contributed by atoms with Gasteiger partial charge in [0.1, 0.15) is 5.82 Å². The molecule has 0 aliphatic heterocycles. The molecule has 1 amide bonds. The topological polar surface area (TPSA) is 42.0 Å². The largest absolute Gasteiger partial charge is 0.348 e. The van der Waals surface area contributed by atoms with E-state index in [0.717, 1.165) is 16.8 Å². The summed E-state index contributed by atoms with van der Waals surface area (Å²) in [5, 5.41) is 2.85. The fourth-order valence-electron chi connectivity index (χ4n) is 2.43. The van der Waals surface area contributed by atoms with Gasteiger partial charge in [-0.25, -0.2) is 4.39 Å². The van der Waals surface area contributed by atoms with Gasteiger partial charge in [-0.1, -0.05) is 35.9 Å². The van der Waals surface area contributed by atoms with Crippen molar-refractivity contribution >= 4 is 5.91 Å². The van der Waals surface area contributed by atoms with E-state index in [1.54, 1.807) is 6.20 Å². The number of carbonyl (C=O) groups excluding carboxylic acids is 1. The van der Waals surface area contributed by atoms with Gasteiger partial charge in [0.15, 0.2) is 0 Å². The number of hydrogen-bond donors (Lipinski definition) is 1. The van der Waals surface area contributed by atoms with E-state index < -0.39 is 0 Å². The van der Waals surface area contributed by atoms with Gasteiger partial charge < -0.3 is 5.32 Å². The van der Waals surface area contributed by atoms with E-state index in [1.807, 2.05) is 43.3 Å². The molecular weight excluding hydrogens is 303 g/mol. The molecule has 4 heteroatoms. The van der Waals surface area contributed by atoms with E-state index in [9.17, 15) is 9.18 Å². The molecule has 0 bridgehead atoms. The van der Waals surface area contributed by atoms with E-state index in [1.165, 1.54) is 29.8 Å². The van der Waals surface area contributed by atoms with Crippen molar-refractivity contribution in [1.29, 1.82) is 0 Å². The number of nitrogens with one attached hydrogen (secondary N) is 1. The molecule has 0 unspecified atom stereocenters. The number of carbonyl (C=O) groups is 1. The van der Waals surface area contributed by atoms with Crippen LogP contribution in [0.15, 0.2) is 66.9 Å². The summed E-state index contributed by atoms with van der Waals surface area (Å²) in [7, 11) is 0. The van der Waals surface area contributed by atoms with Gasteiger partial charge in [0.2, 0.25) is 0 Å². The molecular formula is C20H17FN2O. The highest BCUT2D eigenvalue weighted by atomic mass is 19.1. The molecule has 3 nitrogen and oxygen atoms in total. The van der Waals surface area contributed by atoms with Gasteiger partial charge in [0.05, 0.1) is 5.69 Å². The van der Waals surface area contributed by atoms with Crippen molar-refractivity contribution in [3.05, 3.63) is 89.4 Å². The Kier molecular flexibility index (Phi) is 4.66. The Morgan fingerprint density at radius 1 is 1.04 bits per heavy atom. The van der Waals surface area contributed by atoms with Crippen molar-refractivity contribution in [2.75, 3.05) is 0 Å². The van der Waals surface area contributed by atoms with Crippen LogP contribution >= 0.6 is 0 Å². The smallest absolute Gasteiger partial charge is 0.251 e. The highest BCUT2D eigenvalue weighted by Gasteiger charge is 2.09. The van der Waals surface area contributed by atoms with E-state index in [2.05, 4.69) is 10.3 Å². The summed E-state index contributed by atoms with van der Waals surface area (Å²) in [6.07, 6.45) is 1.74. The minimum Gasteiger partial charge on any atom is -0.348 e. The minimum absolute atomic E-state index is 0.242. The molecule has 0 aliphatic rings. The molecule has 0 saturated carbocycles. The average Bonchev–Trinajstić information content (AvgIpc) is 2.61. The molecule has 1 aromatic heterocycles. The lowest BCUT2D eigenvalue weighted by molar-refractivity contribution is 0.0951. The number of aromatic nitrogens is 1. The summed E-state index contributed by atoms with van der Waals surface area (Å²) < 4.78 is 12.9. The van der Waals surface area contributed by atoms with Crippen LogP contribution in [-0.4, -0.2) is 10.9 Å². The van der Waals surface area contributed by atoms with Crippen LogP contribution in [0.5, 0.6) is 0 Å². The van der Waals surface area contributed by atoms with Gasteiger partial charge in [-0.2, -0.15) is 0 Å². The number of amides is 1. The molecule has 0 spiro atoms. The highest BCUT2D eigenvalue weighted by molar-refractivity contribution is 5.94. The summed E-state index contributed by atoms with van der Waals surface area (Å²) in [4.78, 5) is 16.6. The van der Waals surface area contributed by atoms with Crippen LogP contribution in [0.2, 0.25) is 0 Å². The van der Waals surface area contributed by atoms with Gasteiger partial charge in [0.25, 0.3) is 5.91 Å². The number of halogens is 1. The van der Waals surface area contributed by atoms with E-state index >= 15 is 0 Å². The normalized spacial score (nSPS) is 10.4. The van der Waals surface area contributed by atoms with E-state index in [4.69, 9.17) is 0 Å². The molecule has 3 rings (SSSR count). The summed E-state index contributed by atoms with van der Waals surface area (Å²) >= 11 is 0. The van der Waals surface area contributed by atoms with Crippen molar-refractivity contribution in [3.8, 4) is 11.3 Å². The van der Waals surface area contributed by atoms with Crippen LogP contribution in [0.1, 0.15) is 21.5 Å². The molecule has 1 N–H and O–H groups in total. The Morgan fingerprint density at radius 2 is 1.75 bits per heavy atom. The van der Waals surface area contributed by atoms with E-state index in [0.29, 0.717) is 12.1 Å². The van der Waals surface area contributed by atoms with Gasteiger partial charge in [0, 0.05) is 23.9 Å². The van der Waals surface area contributed by atoms with Crippen LogP contribution in [0, 0.1) is 12.7 Å². The second kappa shape index (κ2) is 7.04.